The molecule has 2 atom stereocenters. The minimum Gasteiger partial charge on any atom is -0.508 e. The van der Waals surface area contributed by atoms with Gasteiger partial charge in [0, 0.05) is 24.1 Å². The van der Waals surface area contributed by atoms with Gasteiger partial charge in [-0.05, 0) is 84.1 Å². The molecule has 0 spiro atoms. The number of rotatable bonds is 9. The van der Waals surface area contributed by atoms with Crippen molar-refractivity contribution < 1.29 is 29.3 Å². The maximum Gasteiger partial charge on any atom is 0.408 e. The van der Waals surface area contributed by atoms with Gasteiger partial charge in [-0.1, -0.05) is 30.3 Å². The predicted molar refractivity (Wildman–Crippen MR) is 148 cm³/mol. The van der Waals surface area contributed by atoms with Gasteiger partial charge >= 0.3 is 6.09 Å². The van der Waals surface area contributed by atoms with E-state index >= 15 is 0 Å². The van der Waals surface area contributed by atoms with Gasteiger partial charge in [0.25, 0.3) is 0 Å². The first kappa shape index (κ1) is 29.8. The second-order valence-corrected chi connectivity index (χ2v) is 11.5. The van der Waals surface area contributed by atoms with E-state index < -0.39 is 35.6 Å². The van der Waals surface area contributed by atoms with Crippen LogP contribution in [0.25, 0.3) is 0 Å². The molecule has 2 unspecified atom stereocenters. The van der Waals surface area contributed by atoms with Crippen LogP contribution in [-0.2, 0) is 20.7 Å². The fraction of sp³-hybridized carbons (Fsp3) is 0.500. The molecule has 2 aromatic rings. The van der Waals surface area contributed by atoms with E-state index in [1.54, 1.807) is 58.0 Å². The first-order valence-corrected chi connectivity index (χ1v) is 13.4. The summed E-state index contributed by atoms with van der Waals surface area (Å²) in [4.78, 5) is 42.5. The average molecular weight is 540 g/mol. The number of aryl methyl sites for hydroxylation is 1. The standard InChI is InChI=1S/C30H41N3O6/c1-18(2)31-27(36)25(23-12-7-9-19(3)26(23)35)33(21-10-8-11-21)28(37)24(32-29(38)39-30(4,5)6)17-20-13-15-22(34)16-14-20/h7,9,12-16,18,21,24-25,34-35H,8,10-11,17H2,1-6H3,(H,31,36)(H,32,38). The van der Waals surface area contributed by atoms with E-state index in [0.717, 1.165) is 6.42 Å². The number of hydrogen-bond acceptors (Lipinski definition) is 6. The molecule has 0 radical (unpaired) electrons. The summed E-state index contributed by atoms with van der Waals surface area (Å²) in [5.74, 6) is -0.831. The highest BCUT2D eigenvalue weighted by atomic mass is 16.6. The molecule has 212 valence electrons. The number of hydrogen-bond donors (Lipinski definition) is 4. The molecule has 9 nitrogen and oxygen atoms in total. The van der Waals surface area contributed by atoms with Crippen molar-refractivity contribution in [1.29, 1.82) is 0 Å². The van der Waals surface area contributed by atoms with Crippen LogP contribution in [-0.4, -0.2) is 56.7 Å². The smallest absolute Gasteiger partial charge is 0.408 e. The number of nitrogens with one attached hydrogen (secondary N) is 2. The van der Waals surface area contributed by atoms with E-state index in [1.165, 1.54) is 17.0 Å². The maximum atomic E-state index is 14.4. The maximum absolute atomic E-state index is 14.4. The van der Waals surface area contributed by atoms with Gasteiger partial charge in [0.1, 0.15) is 29.2 Å². The Bertz CT molecular complexity index is 1170. The van der Waals surface area contributed by atoms with Crippen LogP contribution in [0.15, 0.2) is 42.5 Å². The molecule has 0 heterocycles. The summed E-state index contributed by atoms with van der Waals surface area (Å²) < 4.78 is 5.46. The molecule has 0 aromatic heterocycles. The number of carbonyl (C=O) groups excluding carboxylic acids is 3. The Labute approximate surface area is 230 Å². The lowest BCUT2D eigenvalue weighted by molar-refractivity contribution is -0.147. The Morgan fingerprint density at radius 2 is 1.67 bits per heavy atom. The van der Waals surface area contributed by atoms with Gasteiger partial charge < -0.3 is 30.5 Å². The van der Waals surface area contributed by atoms with Crippen LogP contribution in [0.5, 0.6) is 11.5 Å². The predicted octanol–water partition coefficient (Wildman–Crippen LogP) is 4.49. The fourth-order valence-electron chi connectivity index (χ4n) is 4.56. The van der Waals surface area contributed by atoms with E-state index in [2.05, 4.69) is 10.6 Å². The lowest BCUT2D eigenvalue weighted by Crippen LogP contribution is -2.58. The average Bonchev–Trinajstić information content (AvgIpc) is 2.79. The molecule has 9 heteroatoms. The highest BCUT2D eigenvalue weighted by Gasteiger charge is 2.43. The van der Waals surface area contributed by atoms with Crippen LogP contribution in [0.3, 0.4) is 0 Å². The summed E-state index contributed by atoms with van der Waals surface area (Å²) in [6, 6.07) is 8.91. The number of benzene rings is 2. The Balaban J connectivity index is 2.08. The van der Waals surface area contributed by atoms with Gasteiger partial charge in [0.15, 0.2) is 0 Å². The quantitative estimate of drug-likeness (QED) is 0.372. The van der Waals surface area contributed by atoms with Crippen molar-refractivity contribution in [3.05, 3.63) is 59.2 Å². The molecule has 0 bridgehead atoms. The molecule has 1 aliphatic carbocycles. The number of nitrogens with zero attached hydrogens (tertiary/aromatic N) is 1. The summed E-state index contributed by atoms with van der Waals surface area (Å²) in [7, 11) is 0. The van der Waals surface area contributed by atoms with Crippen LogP contribution < -0.4 is 10.6 Å². The van der Waals surface area contributed by atoms with Crippen molar-refractivity contribution in [3.8, 4) is 11.5 Å². The van der Waals surface area contributed by atoms with Crippen molar-refractivity contribution in [2.45, 2.75) is 97.0 Å². The summed E-state index contributed by atoms with van der Waals surface area (Å²) in [5.41, 5.74) is 0.839. The first-order valence-electron chi connectivity index (χ1n) is 13.4. The van der Waals surface area contributed by atoms with Gasteiger partial charge in [-0.15, -0.1) is 0 Å². The van der Waals surface area contributed by atoms with Crippen molar-refractivity contribution >= 4 is 17.9 Å². The van der Waals surface area contributed by atoms with Crippen LogP contribution in [0.4, 0.5) is 4.79 Å². The molecular weight excluding hydrogens is 498 g/mol. The minimum absolute atomic E-state index is 0.0475. The third kappa shape index (κ3) is 7.88. The summed E-state index contributed by atoms with van der Waals surface area (Å²) in [6.07, 6.45) is 1.65. The number of aromatic hydroxyl groups is 2. The zero-order chi connectivity index (χ0) is 28.9. The van der Waals surface area contributed by atoms with Gasteiger partial charge in [0.2, 0.25) is 11.8 Å². The SMILES string of the molecule is Cc1cccc(C(C(=O)NC(C)C)N(C(=O)C(Cc2ccc(O)cc2)NC(=O)OC(C)(C)C)C2CCC2)c1O. The molecule has 4 N–H and O–H groups in total. The van der Waals surface area contributed by atoms with Crippen molar-refractivity contribution in [3.63, 3.8) is 0 Å². The zero-order valence-corrected chi connectivity index (χ0v) is 23.7. The molecule has 3 rings (SSSR count). The van der Waals surface area contributed by atoms with Crippen molar-refractivity contribution in [2.24, 2.45) is 0 Å². The van der Waals surface area contributed by atoms with Crippen molar-refractivity contribution in [2.75, 3.05) is 0 Å². The fourth-order valence-corrected chi connectivity index (χ4v) is 4.56. The van der Waals surface area contributed by atoms with Gasteiger partial charge in [0.05, 0.1) is 0 Å². The monoisotopic (exact) mass is 539 g/mol. The lowest BCUT2D eigenvalue weighted by atomic mass is 9.87. The molecule has 1 aliphatic rings. The largest absolute Gasteiger partial charge is 0.508 e. The number of ether oxygens (including phenoxy) is 1. The topological polar surface area (TPSA) is 128 Å². The highest BCUT2D eigenvalue weighted by molar-refractivity contribution is 5.93. The Hall–Kier alpha value is -3.75. The first-order chi connectivity index (χ1) is 18.3. The number of amides is 3. The summed E-state index contributed by atoms with van der Waals surface area (Å²) >= 11 is 0. The molecule has 0 aliphatic heterocycles. The summed E-state index contributed by atoms with van der Waals surface area (Å²) in [6.45, 7) is 10.6. The van der Waals surface area contributed by atoms with E-state index in [-0.39, 0.29) is 30.0 Å². The van der Waals surface area contributed by atoms with Crippen LogP contribution >= 0.6 is 0 Å². The Morgan fingerprint density at radius 3 is 2.21 bits per heavy atom. The molecule has 1 saturated carbocycles. The van der Waals surface area contributed by atoms with Crippen molar-refractivity contribution in [1.82, 2.24) is 15.5 Å². The number of phenols is 2. The van der Waals surface area contributed by atoms with E-state index in [9.17, 15) is 24.6 Å². The molecule has 39 heavy (non-hydrogen) atoms. The van der Waals surface area contributed by atoms with E-state index in [0.29, 0.717) is 29.5 Å². The normalized spacial score (nSPS) is 15.2. The Kier molecular flexibility index (Phi) is 9.48. The van der Waals surface area contributed by atoms with Gasteiger partial charge in [-0.2, -0.15) is 0 Å². The molecular formula is C30H41N3O6. The Morgan fingerprint density at radius 1 is 1.03 bits per heavy atom. The second-order valence-electron chi connectivity index (χ2n) is 11.5. The number of carbonyl (C=O) groups is 3. The number of para-hydroxylation sites is 1. The molecule has 0 saturated heterocycles. The third-order valence-corrected chi connectivity index (χ3v) is 6.61. The summed E-state index contributed by atoms with van der Waals surface area (Å²) in [5, 5.41) is 26.3. The van der Waals surface area contributed by atoms with Gasteiger partial charge in [-0.25, -0.2) is 4.79 Å². The minimum atomic E-state index is -1.10. The van der Waals surface area contributed by atoms with E-state index in [4.69, 9.17) is 4.74 Å². The zero-order valence-electron chi connectivity index (χ0n) is 23.7. The molecule has 2 aromatic carbocycles. The number of alkyl carbamates (subject to hydrolysis) is 1. The molecule has 1 fully saturated rings. The van der Waals surface area contributed by atoms with Crippen LogP contribution in [0.1, 0.15) is 76.6 Å². The van der Waals surface area contributed by atoms with Crippen LogP contribution in [0.2, 0.25) is 0 Å². The highest BCUT2D eigenvalue weighted by Crippen LogP contribution is 2.38. The molecule has 3 amide bonds. The van der Waals surface area contributed by atoms with Crippen LogP contribution in [0, 0.1) is 6.92 Å². The lowest BCUT2D eigenvalue weighted by Gasteiger charge is -2.44. The van der Waals surface area contributed by atoms with E-state index in [1.807, 2.05) is 13.8 Å². The number of phenolic OH excluding ortho intramolecular Hbond substituents is 2. The second kappa shape index (κ2) is 12.4. The third-order valence-electron chi connectivity index (χ3n) is 6.61. The van der Waals surface area contributed by atoms with Gasteiger partial charge in [-0.3, -0.25) is 9.59 Å².